The number of hydrogen-bond acceptors (Lipinski definition) is 1. The van der Waals surface area contributed by atoms with Gasteiger partial charge in [0.05, 0.1) is 0 Å². The number of nitrogens with one attached hydrogen (secondary N) is 1. The van der Waals surface area contributed by atoms with Crippen molar-refractivity contribution in [3.05, 3.63) is 70.2 Å². The molecule has 0 fully saturated rings. The number of halogens is 3. The largest absolute Gasteiger partial charge is 0.313 e. The molecule has 0 spiro atoms. The molecule has 2 rings (SSSR count). The summed E-state index contributed by atoms with van der Waals surface area (Å²) in [5, 5.41) is 3.44. The molecule has 0 amide bonds. The lowest BCUT2D eigenvalue weighted by molar-refractivity contribution is 0.533. The van der Waals surface area contributed by atoms with E-state index in [0.717, 1.165) is 5.56 Å². The Morgan fingerprint density at radius 1 is 1.11 bits per heavy atom. The molecule has 0 bridgehead atoms. The van der Waals surface area contributed by atoms with E-state index in [-0.39, 0.29) is 17.7 Å². The van der Waals surface area contributed by atoms with Crippen LogP contribution in [0.2, 0.25) is 5.02 Å². The van der Waals surface area contributed by atoms with E-state index in [2.05, 4.69) is 5.32 Å². The van der Waals surface area contributed by atoms with E-state index in [9.17, 15) is 8.78 Å². The van der Waals surface area contributed by atoms with Gasteiger partial charge in [0.25, 0.3) is 0 Å². The lowest BCUT2D eigenvalue weighted by Crippen LogP contribution is -2.20. The molecular formula is C15H14ClF2N. The SMILES string of the molecule is CNC(Cc1ccc(F)cc1)c1ccc(Cl)cc1F. The molecule has 0 saturated carbocycles. The highest BCUT2D eigenvalue weighted by Gasteiger charge is 2.14. The number of likely N-dealkylation sites (N-methyl/N-ethyl adjacent to an activating group) is 1. The van der Waals surface area contributed by atoms with Gasteiger partial charge in [-0.1, -0.05) is 29.8 Å². The zero-order chi connectivity index (χ0) is 13.8. The maximum atomic E-state index is 13.9. The number of benzene rings is 2. The smallest absolute Gasteiger partial charge is 0.129 e. The average molecular weight is 282 g/mol. The Hall–Kier alpha value is -1.45. The van der Waals surface area contributed by atoms with E-state index in [1.54, 1.807) is 31.3 Å². The van der Waals surface area contributed by atoms with Crippen molar-refractivity contribution in [2.45, 2.75) is 12.5 Å². The van der Waals surface area contributed by atoms with Gasteiger partial charge in [-0.25, -0.2) is 8.78 Å². The van der Waals surface area contributed by atoms with Gasteiger partial charge in [0.1, 0.15) is 11.6 Å². The van der Waals surface area contributed by atoms with Crippen molar-refractivity contribution in [1.82, 2.24) is 5.32 Å². The van der Waals surface area contributed by atoms with Gasteiger partial charge in [0.15, 0.2) is 0 Å². The standard InChI is InChI=1S/C15H14ClF2N/c1-19-15(8-10-2-5-12(17)6-3-10)13-7-4-11(16)9-14(13)18/h2-7,9,15,19H,8H2,1H3. The van der Waals surface area contributed by atoms with Crippen LogP contribution in [0.1, 0.15) is 17.2 Å². The topological polar surface area (TPSA) is 12.0 Å². The van der Waals surface area contributed by atoms with Gasteiger partial charge in [-0.15, -0.1) is 0 Å². The van der Waals surface area contributed by atoms with E-state index in [1.165, 1.54) is 18.2 Å². The van der Waals surface area contributed by atoms with Crippen molar-refractivity contribution in [1.29, 1.82) is 0 Å². The predicted octanol–water partition coefficient (Wildman–Crippen LogP) is 4.12. The van der Waals surface area contributed by atoms with Crippen LogP contribution in [0.25, 0.3) is 0 Å². The molecule has 1 atom stereocenters. The average Bonchev–Trinajstić information content (AvgIpc) is 2.39. The molecule has 4 heteroatoms. The van der Waals surface area contributed by atoms with Crippen molar-refractivity contribution in [3.63, 3.8) is 0 Å². The highest BCUT2D eigenvalue weighted by molar-refractivity contribution is 6.30. The molecular weight excluding hydrogens is 268 g/mol. The van der Waals surface area contributed by atoms with Crippen LogP contribution in [0.3, 0.4) is 0 Å². The molecule has 0 aliphatic carbocycles. The summed E-state index contributed by atoms with van der Waals surface area (Å²) in [6.07, 6.45) is 0.579. The summed E-state index contributed by atoms with van der Waals surface area (Å²) in [5.41, 5.74) is 1.49. The summed E-state index contributed by atoms with van der Waals surface area (Å²) < 4.78 is 26.7. The van der Waals surface area contributed by atoms with E-state index in [0.29, 0.717) is 17.0 Å². The summed E-state index contributed by atoms with van der Waals surface area (Å²) in [4.78, 5) is 0. The monoisotopic (exact) mass is 281 g/mol. The second-order valence-electron chi connectivity index (χ2n) is 4.34. The Morgan fingerprint density at radius 2 is 1.79 bits per heavy atom. The van der Waals surface area contributed by atoms with Gasteiger partial charge in [-0.2, -0.15) is 0 Å². The molecule has 1 unspecified atom stereocenters. The summed E-state index contributed by atoms with van der Waals surface area (Å²) >= 11 is 5.74. The van der Waals surface area contributed by atoms with Gasteiger partial charge in [-0.05, 0) is 43.3 Å². The van der Waals surface area contributed by atoms with Crippen LogP contribution >= 0.6 is 11.6 Å². The normalized spacial score (nSPS) is 12.4. The quantitative estimate of drug-likeness (QED) is 0.889. The van der Waals surface area contributed by atoms with E-state index >= 15 is 0 Å². The molecule has 0 radical (unpaired) electrons. The molecule has 0 saturated heterocycles. The van der Waals surface area contributed by atoms with E-state index in [1.807, 2.05) is 0 Å². The summed E-state index contributed by atoms with van der Waals surface area (Å²) in [6.45, 7) is 0. The third-order valence-electron chi connectivity index (χ3n) is 3.04. The van der Waals surface area contributed by atoms with Gasteiger partial charge in [0.2, 0.25) is 0 Å². The maximum Gasteiger partial charge on any atom is 0.129 e. The van der Waals surface area contributed by atoms with Crippen molar-refractivity contribution < 1.29 is 8.78 Å². The van der Waals surface area contributed by atoms with Crippen molar-refractivity contribution >= 4 is 11.6 Å². The Morgan fingerprint density at radius 3 is 2.37 bits per heavy atom. The van der Waals surface area contributed by atoms with E-state index < -0.39 is 0 Å². The fourth-order valence-electron chi connectivity index (χ4n) is 2.01. The Labute approximate surface area is 116 Å². The molecule has 0 aliphatic rings. The lowest BCUT2D eigenvalue weighted by Gasteiger charge is -2.17. The highest BCUT2D eigenvalue weighted by Crippen LogP contribution is 2.23. The fraction of sp³-hybridized carbons (Fsp3) is 0.200. The van der Waals surface area contributed by atoms with Crippen molar-refractivity contribution in [2.24, 2.45) is 0 Å². The van der Waals surface area contributed by atoms with Crippen LogP contribution in [0.4, 0.5) is 8.78 Å². The zero-order valence-corrected chi connectivity index (χ0v) is 11.2. The van der Waals surface area contributed by atoms with Crippen LogP contribution in [0.5, 0.6) is 0 Å². The fourth-order valence-corrected chi connectivity index (χ4v) is 2.17. The Kier molecular flexibility index (Phi) is 4.51. The van der Waals surface area contributed by atoms with Crippen LogP contribution in [0, 0.1) is 11.6 Å². The van der Waals surface area contributed by atoms with Crippen molar-refractivity contribution in [2.75, 3.05) is 7.05 Å². The lowest BCUT2D eigenvalue weighted by atomic mass is 9.98. The first-order valence-electron chi connectivity index (χ1n) is 5.97. The number of rotatable bonds is 4. The highest BCUT2D eigenvalue weighted by atomic mass is 35.5. The van der Waals surface area contributed by atoms with Gasteiger partial charge >= 0.3 is 0 Å². The first kappa shape index (κ1) is 14.0. The minimum Gasteiger partial charge on any atom is -0.313 e. The Bertz CT molecular complexity index is 555. The Balaban J connectivity index is 2.22. The summed E-state index contributed by atoms with van der Waals surface area (Å²) in [6, 6.07) is 10.7. The summed E-state index contributed by atoms with van der Waals surface area (Å²) in [7, 11) is 1.77. The first-order valence-corrected chi connectivity index (χ1v) is 6.34. The molecule has 0 heterocycles. The third-order valence-corrected chi connectivity index (χ3v) is 3.27. The van der Waals surface area contributed by atoms with Gasteiger partial charge < -0.3 is 5.32 Å². The molecule has 0 aliphatic heterocycles. The second-order valence-corrected chi connectivity index (χ2v) is 4.77. The van der Waals surface area contributed by atoms with Crippen molar-refractivity contribution in [3.8, 4) is 0 Å². The molecule has 2 aromatic rings. The van der Waals surface area contributed by atoms with Crippen LogP contribution in [-0.4, -0.2) is 7.05 Å². The number of hydrogen-bond donors (Lipinski definition) is 1. The molecule has 19 heavy (non-hydrogen) atoms. The first-order chi connectivity index (χ1) is 9.10. The summed E-state index contributed by atoms with van der Waals surface area (Å²) in [5.74, 6) is -0.614. The third kappa shape index (κ3) is 3.52. The molecule has 1 N–H and O–H groups in total. The van der Waals surface area contributed by atoms with Crippen LogP contribution < -0.4 is 5.32 Å². The molecule has 0 aromatic heterocycles. The van der Waals surface area contributed by atoms with Crippen LogP contribution in [-0.2, 0) is 6.42 Å². The molecule has 1 nitrogen and oxygen atoms in total. The van der Waals surface area contributed by atoms with Gasteiger partial charge in [0, 0.05) is 16.6 Å². The second kappa shape index (κ2) is 6.13. The van der Waals surface area contributed by atoms with Crippen LogP contribution in [0.15, 0.2) is 42.5 Å². The maximum absolute atomic E-state index is 13.9. The minimum absolute atomic E-state index is 0.178. The van der Waals surface area contributed by atoms with Gasteiger partial charge in [-0.3, -0.25) is 0 Å². The molecule has 100 valence electrons. The molecule has 2 aromatic carbocycles. The predicted molar refractivity (Wildman–Crippen MR) is 73.3 cm³/mol. The zero-order valence-electron chi connectivity index (χ0n) is 10.5. The van der Waals surface area contributed by atoms with E-state index in [4.69, 9.17) is 11.6 Å². The minimum atomic E-state index is -0.339.